The van der Waals surface area contributed by atoms with Gasteiger partial charge in [-0.2, -0.15) is 0 Å². The van der Waals surface area contributed by atoms with Crippen molar-refractivity contribution in [1.29, 1.82) is 0 Å². The lowest BCUT2D eigenvalue weighted by Gasteiger charge is -2.21. The summed E-state index contributed by atoms with van der Waals surface area (Å²) in [5, 5.41) is 6.36. The lowest BCUT2D eigenvalue weighted by molar-refractivity contribution is -0.118. The van der Waals surface area contributed by atoms with Crippen molar-refractivity contribution >= 4 is 11.6 Å². The second kappa shape index (κ2) is 6.94. The van der Waals surface area contributed by atoms with E-state index in [1.165, 1.54) is 44.1 Å². The standard InChI is InChI=1S/C17H24N2O2/c20-17-12-21-16-7-6-14(10-15(16)19-17)11-18-9-8-13-4-2-1-3-5-13/h6-7,10,13,18H,1-5,8-9,11-12H2,(H,19,20). The number of carbonyl (C=O) groups is 1. The molecule has 0 spiro atoms. The van der Waals surface area contributed by atoms with Crippen LogP contribution in [0.5, 0.6) is 5.75 Å². The lowest BCUT2D eigenvalue weighted by Crippen LogP contribution is -2.25. The number of benzene rings is 1. The van der Waals surface area contributed by atoms with Gasteiger partial charge in [-0.25, -0.2) is 0 Å². The van der Waals surface area contributed by atoms with Gasteiger partial charge in [0.1, 0.15) is 5.75 Å². The first-order chi connectivity index (χ1) is 10.3. The third-order valence-electron chi connectivity index (χ3n) is 4.46. The van der Waals surface area contributed by atoms with Gasteiger partial charge in [-0.1, -0.05) is 38.2 Å². The number of anilines is 1. The van der Waals surface area contributed by atoms with E-state index < -0.39 is 0 Å². The molecular weight excluding hydrogens is 264 g/mol. The molecule has 0 saturated heterocycles. The Morgan fingerprint density at radius 3 is 2.95 bits per heavy atom. The minimum atomic E-state index is -0.0788. The minimum Gasteiger partial charge on any atom is -0.482 e. The van der Waals surface area contributed by atoms with Gasteiger partial charge in [0.25, 0.3) is 5.91 Å². The number of nitrogens with one attached hydrogen (secondary N) is 2. The number of fused-ring (bicyclic) bond motifs is 1. The van der Waals surface area contributed by atoms with Crippen molar-refractivity contribution in [2.24, 2.45) is 5.92 Å². The Bertz CT molecular complexity index is 496. The first-order valence-corrected chi connectivity index (χ1v) is 8.07. The molecule has 1 aliphatic heterocycles. The van der Waals surface area contributed by atoms with E-state index in [4.69, 9.17) is 4.74 Å². The zero-order valence-corrected chi connectivity index (χ0v) is 12.5. The number of hydrogen-bond donors (Lipinski definition) is 2. The predicted octanol–water partition coefficient (Wildman–Crippen LogP) is 3.08. The minimum absolute atomic E-state index is 0.0788. The average molecular weight is 288 g/mol. The lowest BCUT2D eigenvalue weighted by atomic mass is 9.87. The summed E-state index contributed by atoms with van der Waals surface area (Å²) in [5.74, 6) is 1.60. The van der Waals surface area contributed by atoms with Crippen LogP contribution in [-0.4, -0.2) is 19.1 Å². The molecule has 114 valence electrons. The summed E-state index contributed by atoms with van der Waals surface area (Å²) in [6, 6.07) is 6.00. The summed E-state index contributed by atoms with van der Waals surface area (Å²) in [6.45, 7) is 2.03. The third-order valence-corrected chi connectivity index (χ3v) is 4.46. The molecular formula is C17H24N2O2. The maximum absolute atomic E-state index is 11.3. The quantitative estimate of drug-likeness (QED) is 0.819. The summed E-state index contributed by atoms with van der Waals surface area (Å²) in [5.41, 5.74) is 1.97. The largest absolute Gasteiger partial charge is 0.482 e. The van der Waals surface area contributed by atoms with Crippen LogP contribution < -0.4 is 15.4 Å². The summed E-state index contributed by atoms with van der Waals surface area (Å²) in [6.07, 6.45) is 8.34. The highest BCUT2D eigenvalue weighted by Gasteiger charge is 2.16. The Morgan fingerprint density at radius 2 is 2.10 bits per heavy atom. The Morgan fingerprint density at radius 1 is 1.24 bits per heavy atom. The van der Waals surface area contributed by atoms with Crippen LogP contribution in [-0.2, 0) is 11.3 Å². The molecule has 21 heavy (non-hydrogen) atoms. The molecule has 0 unspecified atom stereocenters. The number of hydrogen-bond acceptors (Lipinski definition) is 3. The van der Waals surface area contributed by atoms with Crippen molar-refractivity contribution < 1.29 is 9.53 Å². The fourth-order valence-electron chi connectivity index (χ4n) is 3.25. The van der Waals surface area contributed by atoms with Crippen molar-refractivity contribution in [1.82, 2.24) is 5.32 Å². The predicted molar refractivity (Wildman–Crippen MR) is 83.5 cm³/mol. The van der Waals surface area contributed by atoms with E-state index in [0.717, 1.165) is 30.4 Å². The van der Waals surface area contributed by atoms with Gasteiger partial charge in [0.2, 0.25) is 0 Å². The van der Waals surface area contributed by atoms with Gasteiger partial charge >= 0.3 is 0 Å². The fourth-order valence-corrected chi connectivity index (χ4v) is 3.25. The van der Waals surface area contributed by atoms with Crippen LogP contribution in [0.1, 0.15) is 44.1 Å². The van der Waals surface area contributed by atoms with Crippen LogP contribution in [0.4, 0.5) is 5.69 Å². The molecule has 4 heteroatoms. The maximum atomic E-state index is 11.3. The van der Waals surface area contributed by atoms with Gasteiger partial charge in [0.15, 0.2) is 6.61 Å². The van der Waals surface area contributed by atoms with Crippen molar-refractivity contribution in [3.8, 4) is 5.75 Å². The summed E-state index contributed by atoms with van der Waals surface area (Å²) >= 11 is 0. The van der Waals surface area contributed by atoms with Crippen molar-refractivity contribution in [2.45, 2.75) is 45.1 Å². The molecule has 0 atom stereocenters. The Hall–Kier alpha value is -1.55. The van der Waals surface area contributed by atoms with Crippen LogP contribution in [0.2, 0.25) is 0 Å². The van der Waals surface area contributed by atoms with E-state index in [1.54, 1.807) is 0 Å². The van der Waals surface area contributed by atoms with Crippen molar-refractivity contribution in [3.05, 3.63) is 23.8 Å². The van der Waals surface area contributed by atoms with Gasteiger partial charge in [-0.3, -0.25) is 4.79 Å². The summed E-state index contributed by atoms with van der Waals surface area (Å²) in [4.78, 5) is 11.3. The first kappa shape index (κ1) is 14.4. The van der Waals surface area contributed by atoms with E-state index in [0.29, 0.717) is 0 Å². The van der Waals surface area contributed by atoms with E-state index in [1.807, 2.05) is 12.1 Å². The topological polar surface area (TPSA) is 50.4 Å². The van der Waals surface area contributed by atoms with E-state index in [9.17, 15) is 4.79 Å². The highest BCUT2D eigenvalue weighted by Crippen LogP contribution is 2.28. The second-order valence-corrected chi connectivity index (χ2v) is 6.14. The van der Waals surface area contributed by atoms with Crippen LogP contribution in [0.25, 0.3) is 0 Å². The highest BCUT2D eigenvalue weighted by atomic mass is 16.5. The molecule has 1 aliphatic carbocycles. The monoisotopic (exact) mass is 288 g/mol. The second-order valence-electron chi connectivity index (χ2n) is 6.14. The van der Waals surface area contributed by atoms with Crippen LogP contribution in [0.15, 0.2) is 18.2 Å². The Labute approximate surface area is 126 Å². The number of amides is 1. The molecule has 4 nitrogen and oxygen atoms in total. The van der Waals surface area contributed by atoms with E-state index in [-0.39, 0.29) is 12.5 Å². The van der Waals surface area contributed by atoms with Gasteiger partial charge in [0.05, 0.1) is 5.69 Å². The van der Waals surface area contributed by atoms with Gasteiger partial charge in [-0.05, 0) is 36.6 Å². The molecule has 1 aromatic carbocycles. The average Bonchev–Trinajstić information content (AvgIpc) is 2.52. The van der Waals surface area contributed by atoms with E-state index >= 15 is 0 Å². The van der Waals surface area contributed by atoms with Crippen molar-refractivity contribution in [2.75, 3.05) is 18.5 Å². The summed E-state index contributed by atoms with van der Waals surface area (Å²) in [7, 11) is 0. The Balaban J connectivity index is 1.45. The molecule has 1 amide bonds. The molecule has 0 aromatic heterocycles. The van der Waals surface area contributed by atoms with Gasteiger partial charge < -0.3 is 15.4 Å². The molecule has 1 heterocycles. The normalized spacial score (nSPS) is 18.8. The molecule has 1 fully saturated rings. The zero-order chi connectivity index (χ0) is 14.5. The third kappa shape index (κ3) is 3.97. The fraction of sp³-hybridized carbons (Fsp3) is 0.588. The van der Waals surface area contributed by atoms with Gasteiger partial charge in [0, 0.05) is 6.54 Å². The number of ether oxygens (including phenoxy) is 1. The smallest absolute Gasteiger partial charge is 0.262 e. The zero-order valence-electron chi connectivity index (χ0n) is 12.5. The number of carbonyl (C=O) groups excluding carboxylic acids is 1. The van der Waals surface area contributed by atoms with Crippen LogP contribution >= 0.6 is 0 Å². The number of rotatable bonds is 5. The molecule has 1 aromatic rings. The molecule has 3 rings (SSSR count). The van der Waals surface area contributed by atoms with Gasteiger partial charge in [-0.15, -0.1) is 0 Å². The summed E-state index contributed by atoms with van der Waals surface area (Å²) < 4.78 is 5.36. The molecule has 2 N–H and O–H groups in total. The maximum Gasteiger partial charge on any atom is 0.262 e. The SMILES string of the molecule is O=C1COc2ccc(CNCCC3CCCCC3)cc2N1. The van der Waals surface area contributed by atoms with Crippen LogP contribution in [0, 0.1) is 5.92 Å². The molecule has 0 radical (unpaired) electrons. The molecule has 1 saturated carbocycles. The molecule has 2 aliphatic rings. The highest BCUT2D eigenvalue weighted by molar-refractivity contribution is 5.95. The Kier molecular flexibility index (Phi) is 4.76. The molecule has 0 bridgehead atoms. The first-order valence-electron chi connectivity index (χ1n) is 8.07. The van der Waals surface area contributed by atoms with Crippen molar-refractivity contribution in [3.63, 3.8) is 0 Å². The van der Waals surface area contributed by atoms with E-state index in [2.05, 4.69) is 16.7 Å². The van der Waals surface area contributed by atoms with Crippen LogP contribution in [0.3, 0.4) is 0 Å².